The SMILES string of the molecule is Cc1c(N)cccc1-c1ccccc1C1CCC1. The molecule has 2 aromatic rings. The Morgan fingerprint density at radius 1 is 0.944 bits per heavy atom. The summed E-state index contributed by atoms with van der Waals surface area (Å²) in [5.74, 6) is 0.752. The molecule has 3 rings (SSSR count). The fourth-order valence-electron chi connectivity index (χ4n) is 2.76. The van der Waals surface area contributed by atoms with Crippen LogP contribution in [0.4, 0.5) is 5.69 Å². The van der Waals surface area contributed by atoms with E-state index in [1.807, 2.05) is 6.07 Å². The smallest absolute Gasteiger partial charge is 0.0349 e. The molecule has 0 atom stereocenters. The highest BCUT2D eigenvalue weighted by Gasteiger charge is 2.22. The van der Waals surface area contributed by atoms with Crippen LogP contribution in [0, 0.1) is 6.92 Å². The Labute approximate surface area is 109 Å². The summed E-state index contributed by atoms with van der Waals surface area (Å²) in [6.45, 7) is 2.11. The van der Waals surface area contributed by atoms with E-state index in [9.17, 15) is 0 Å². The number of anilines is 1. The summed E-state index contributed by atoms with van der Waals surface area (Å²) in [6, 6.07) is 15.0. The first kappa shape index (κ1) is 11.3. The average molecular weight is 237 g/mol. The van der Waals surface area contributed by atoms with Crippen LogP contribution in [0.15, 0.2) is 42.5 Å². The number of nitrogens with two attached hydrogens (primary N) is 1. The highest BCUT2D eigenvalue weighted by Crippen LogP contribution is 2.42. The molecule has 0 saturated heterocycles. The Morgan fingerprint density at radius 2 is 1.67 bits per heavy atom. The molecule has 0 amide bonds. The monoisotopic (exact) mass is 237 g/mol. The van der Waals surface area contributed by atoms with E-state index in [4.69, 9.17) is 5.73 Å². The minimum absolute atomic E-state index is 0.752. The zero-order chi connectivity index (χ0) is 12.5. The molecule has 1 saturated carbocycles. The summed E-state index contributed by atoms with van der Waals surface area (Å²) < 4.78 is 0. The molecule has 1 nitrogen and oxygen atoms in total. The van der Waals surface area contributed by atoms with E-state index in [2.05, 4.69) is 43.3 Å². The number of benzene rings is 2. The predicted octanol–water partition coefficient (Wildman–Crippen LogP) is 4.51. The fourth-order valence-corrected chi connectivity index (χ4v) is 2.76. The molecule has 1 fully saturated rings. The molecule has 1 aliphatic rings. The lowest BCUT2D eigenvalue weighted by atomic mass is 9.77. The lowest BCUT2D eigenvalue weighted by Gasteiger charge is -2.28. The predicted molar refractivity (Wildman–Crippen MR) is 77.6 cm³/mol. The van der Waals surface area contributed by atoms with Crippen LogP contribution < -0.4 is 5.73 Å². The van der Waals surface area contributed by atoms with Gasteiger partial charge in [0.15, 0.2) is 0 Å². The van der Waals surface area contributed by atoms with Gasteiger partial charge in [0.25, 0.3) is 0 Å². The first-order valence-corrected chi connectivity index (χ1v) is 6.72. The molecule has 1 heteroatoms. The van der Waals surface area contributed by atoms with Crippen LogP contribution in [0.1, 0.15) is 36.3 Å². The van der Waals surface area contributed by atoms with Crippen molar-refractivity contribution in [2.75, 3.05) is 5.73 Å². The Bertz CT molecular complexity index is 568. The van der Waals surface area contributed by atoms with Crippen molar-refractivity contribution in [3.05, 3.63) is 53.6 Å². The van der Waals surface area contributed by atoms with Crippen LogP contribution in [-0.4, -0.2) is 0 Å². The Balaban J connectivity index is 2.13. The molecular weight excluding hydrogens is 218 g/mol. The summed E-state index contributed by atoms with van der Waals surface area (Å²) in [5.41, 5.74) is 12.3. The summed E-state index contributed by atoms with van der Waals surface area (Å²) in [5, 5.41) is 0. The van der Waals surface area contributed by atoms with E-state index in [-0.39, 0.29) is 0 Å². The van der Waals surface area contributed by atoms with Crippen molar-refractivity contribution in [1.82, 2.24) is 0 Å². The molecule has 2 aromatic carbocycles. The van der Waals surface area contributed by atoms with Gasteiger partial charge in [-0.1, -0.05) is 42.8 Å². The summed E-state index contributed by atoms with van der Waals surface area (Å²) >= 11 is 0. The van der Waals surface area contributed by atoms with Crippen LogP contribution in [0.2, 0.25) is 0 Å². The van der Waals surface area contributed by atoms with E-state index in [1.54, 1.807) is 0 Å². The normalized spacial score (nSPS) is 15.4. The van der Waals surface area contributed by atoms with Crippen molar-refractivity contribution in [2.24, 2.45) is 0 Å². The highest BCUT2D eigenvalue weighted by atomic mass is 14.6. The van der Waals surface area contributed by atoms with E-state index >= 15 is 0 Å². The maximum absolute atomic E-state index is 6.03. The molecule has 0 aliphatic heterocycles. The molecule has 0 heterocycles. The average Bonchev–Trinajstić information content (AvgIpc) is 2.32. The largest absolute Gasteiger partial charge is 0.398 e. The van der Waals surface area contributed by atoms with Crippen molar-refractivity contribution in [2.45, 2.75) is 32.1 Å². The van der Waals surface area contributed by atoms with Gasteiger partial charge in [-0.2, -0.15) is 0 Å². The summed E-state index contributed by atoms with van der Waals surface area (Å²) in [6.07, 6.45) is 4.03. The van der Waals surface area contributed by atoms with Gasteiger partial charge < -0.3 is 5.73 Å². The minimum atomic E-state index is 0.752. The van der Waals surface area contributed by atoms with Crippen molar-refractivity contribution >= 4 is 5.69 Å². The lowest BCUT2D eigenvalue weighted by Crippen LogP contribution is -2.10. The van der Waals surface area contributed by atoms with Crippen LogP contribution in [0.3, 0.4) is 0 Å². The Kier molecular flexibility index (Phi) is 2.83. The van der Waals surface area contributed by atoms with Gasteiger partial charge in [-0.3, -0.25) is 0 Å². The third-order valence-corrected chi connectivity index (χ3v) is 4.17. The fraction of sp³-hybridized carbons (Fsp3) is 0.294. The zero-order valence-corrected chi connectivity index (χ0v) is 10.8. The third-order valence-electron chi connectivity index (χ3n) is 4.17. The molecule has 0 aromatic heterocycles. The molecule has 0 unspecified atom stereocenters. The second kappa shape index (κ2) is 4.49. The number of hydrogen-bond donors (Lipinski definition) is 1. The lowest BCUT2D eigenvalue weighted by molar-refractivity contribution is 0.420. The van der Waals surface area contributed by atoms with Gasteiger partial charge in [0.2, 0.25) is 0 Å². The number of rotatable bonds is 2. The highest BCUT2D eigenvalue weighted by molar-refractivity contribution is 5.75. The van der Waals surface area contributed by atoms with Crippen molar-refractivity contribution in [3.8, 4) is 11.1 Å². The van der Waals surface area contributed by atoms with Crippen LogP contribution in [0.5, 0.6) is 0 Å². The second-order valence-corrected chi connectivity index (χ2v) is 5.23. The van der Waals surface area contributed by atoms with Gasteiger partial charge in [0, 0.05) is 5.69 Å². The third kappa shape index (κ3) is 1.80. The number of nitrogen functional groups attached to an aromatic ring is 1. The minimum Gasteiger partial charge on any atom is -0.398 e. The van der Waals surface area contributed by atoms with E-state index in [0.29, 0.717) is 0 Å². The van der Waals surface area contributed by atoms with Gasteiger partial charge in [-0.25, -0.2) is 0 Å². The molecule has 92 valence electrons. The van der Waals surface area contributed by atoms with E-state index < -0.39 is 0 Å². The Morgan fingerprint density at radius 3 is 2.39 bits per heavy atom. The van der Waals surface area contributed by atoms with Crippen molar-refractivity contribution < 1.29 is 0 Å². The topological polar surface area (TPSA) is 26.0 Å². The first-order chi connectivity index (χ1) is 8.77. The molecule has 0 bridgehead atoms. The maximum Gasteiger partial charge on any atom is 0.0349 e. The van der Waals surface area contributed by atoms with Gasteiger partial charge in [-0.05, 0) is 54.0 Å². The molecule has 1 aliphatic carbocycles. The van der Waals surface area contributed by atoms with E-state index in [0.717, 1.165) is 11.6 Å². The molecule has 2 N–H and O–H groups in total. The summed E-state index contributed by atoms with van der Waals surface area (Å²) in [4.78, 5) is 0. The van der Waals surface area contributed by atoms with Gasteiger partial charge in [0.1, 0.15) is 0 Å². The standard InChI is InChI=1S/C17H19N/c1-12-14(10-5-11-17(12)18)16-9-3-2-8-15(16)13-6-4-7-13/h2-3,5,8-11,13H,4,6-7,18H2,1H3. The van der Waals surface area contributed by atoms with Crippen molar-refractivity contribution in [1.29, 1.82) is 0 Å². The molecule has 18 heavy (non-hydrogen) atoms. The number of hydrogen-bond acceptors (Lipinski definition) is 1. The van der Waals surface area contributed by atoms with Crippen LogP contribution in [0.25, 0.3) is 11.1 Å². The van der Waals surface area contributed by atoms with E-state index in [1.165, 1.54) is 41.5 Å². The van der Waals surface area contributed by atoms with Gasteiger partial charge in [-0.15, -0.1) is 0 Å². The molecule has 0 spiro atoms. The van der Waals surface area contributed by atoms with Gasteiger partial charge >= 0.3 is 0 Å². The summed E-state index contributed by atoms with van der Waals surface area (Å²) in [7, 11) is 0. The quantitative estimate of drug-likeness (QED) is 0.764. The zero-order valence-electron chi connectivity index (χ0n) is 10.8. The maximum atomic E-state index is 6.03. The van der Waals surface area contributed by atoms with Crippen molar-refractivity contribution in [3.63, 3.8) is 0 Å². The molecular formula is C17H19N. The van der Waals surface area contributed by atoms with Gasteiger partial charge in [0.05, 0.1) is 0 Å². The van der Waals surface area contributed by atoms with Crippen LogP contribution in [-0.2, 0) is 0 Å². The Hall–Kier alpha value is -1.76. The second-order valence-electron chi connectivity index (χ2n) is 5.23. The first-order valence-electron chi connectivity index (χ1n) is 6.72. The van der Waals surface area contributed by atoms with Crippen LogP contribution >= 0.6 is 0 Å². The molecule has 0 radical (unpaired) electrons.